The molecule has 0 fully saturated rings. The molecule has 17 heavy (non-hydrogen) atoms. The van der Waals surface area contributed by atoms with Crippen LogP contribution in [0.1, 0.15) is 17.5 Å². The van der Waals surface area contributed by atoms with Gasteiger partial charge in [0.15, 0.2) is 0 Å². The molecule has 1 heterocycles. The summed E-state index contributed by atoms with van der Waals surface area (Å²) in [6, 6.07) is 5.59. The summed E-state index contributed by atoms with van der Waals surface area (Å²) in [5.74, 6) is 0.808. The Balaban J connectivity index is 1.93. The van der Waals surface area contributed by atoms with Crippen molar-refractivity contribution in [2.24, 2.45) is 0 Å². The molecule has 1 N–H and O–H groups in total. The molecular formula is C12H14F3NO. The van der Waals surface area contributed by atoms with Crippen molar-refractivity contribution >= 4 is 0 Å². The molecule has 0 unspecified atom stereocenters. The Morgan fingerprint density at radius 1 is 1.29 bits per heavy atom. The highest BCUT2D eigenvalue weighted by atomic mass is 19.4. The van der Waals surface area contributed by atoms with Crippen molar-refractivity contribution in [3.8, 4) is 5.75 Å². The van der Waals surface area contributed by atoms with Gasteiger partial charge in [-0.1, -0.05) is 12.1 Å². The SMILES string of the molecule is FC(F)(F)CNCc1ccc2c(c1)OCCC2. The van der Waals surface area contributed by atoms with Gasteiger partial charge in [-0.2, -0.15) is 13.2 Å². The zero-order chi connectivity index (χ0) is 12.3. The average molecular weight is 245 g/mol. The van der Waals surface area contributed by atoms with Crippen LogP contribution in [0.2, 0.25) is 0 Å². The molecule has 5 heteroatoms. The predicted molar refractivity (Wildman–Crippen MR) is 58.0 cm³/mol. The number of ether oxygens (including phenoxy) is 1. The molecule has 0 spiro atoms. The van der Waals surface area contributed by atoms with E-state index in [1.165, 1.54) is 0 Å². The molecule has 0 aromatic heterocycles. The molecule has 2 nitrogen and oxygen atoms in total. The number of alkyl halides is 3. The normalized spacial score (nSPS) is 15.2. The minimum atomic E-state index is -4.16. The van der Waals surface area contributed by atoms with Crippen molar-refractivity contribution in [3.63, 3.8) is 0 Å². The van der Waals surface area contributed by atoms with Gasteiger partial charge in [-0.15, -0.1) is 0 Å². The molecule has 0 aliphatic carbocycles. The van der Waals surface area contributed by atoms with Crippen LogP contribution in [-0.2, 0) is 13.0 Å². The van der Waals surface area contributed by atoms with Gasteiger partial charge < -0.3 is 10.1 Å². The zero-order valence-electron chi connectivity index (χ0n) is 9.31. The lowest BCUT2D eigenvalue weighted by Crippen LogP contribution is -2.28. The fourth-order valence-corrected chi connectivity index (χ4v) is 1.84. The second-order valence-corrected chi connectivity index (χ2v) is 4.11. The first-order valence-corrected chi connectivity index (χ1v) is 5.57. The number of aryl methyl sites for hydroxylation is 1. The molecule has 0 radical (unpaired) electrons. The Bertz CT molecular complexity index is 390. The predicted octanol–water partition coefficient (Wildman–Crippen LogP) is 2.66. The Labute approximate surface area is 97.8 Å². The second-order valence-electron chi connectivity index (χ2n) is 4.11. The van der Waals surface area contributed by atoms with Gasteiger partial charge in [0, 0.05) is 6.54 Å². The van der Waals surface area contributed by atoms with Gasteiger partial charge in [0.25, 0.3) is 0 Å². The summed E-state index contributed by atoms with van der Waals surface area (Å²) >= 11 is 0. The van der Waals surface area contributed by atoms with Gasteiger partial charge in [-0.3, -0.25) is 0 Å². The topological polar surface area (TPSA) is 21.3 Å². The Morgan fingerprint density at radius 2 is 2.12 bits per heavy atom. The molecule has 0 saturated carbocycles. The number of hydrogen-bond acceptors (Lipinski definition) is 2. The van der Waals surface area contributed by atoms with Crippen molar-refractivity contribution in [2.75, 3.05) is 13.2 Å². The van der Waals surface area contributed by atoms with E-state index in [2.05, 4.69) is 5.32 Å². The lowest BCUT2D eigenvalue weighted by atomic mass is 10.0. The molecule has 1 aliphatic rings. The molecule has 0 atom stereocenters. The quantitative estimate of drug-likeness (QED) is 0.884. The largest absolute Gasteiger partial charge is 0.493 e. The van der Waals surface area contributed by atoms with E-state index in [4.69, 9.17) is 4.74 Å². The van der Waals surface area contributed by atoms with Crippen LogP contribution in [0.25, 0.3) is 0 Å². The van der Waals surface area contributed by atoms with Crippen molar-refractivity contribution in [2.45, 2.75) is 25.6 Å². The Hall–Kier alpha value is -1.23. The van der Waals surface area contributed by atoms with Gasteiger partial charge in [0.1, 0.15) is 5.75 Å². The van der Waals surface area contributed by atoms with Crippen LogP contribution in [0, 0.1) is 0 Å². The highest BCUT2D eigenvalue weighted by Gasteiger charge is 2.26. The molecule has 1 aliphatic heterocycles. The second kappa shape index (κ2) is 4.96. The minimum absolute atomic E-state index is 0.205. The minimum Gasteiger partial charge on any atom is -0.493 e. The maximum absolute atomic E-state index is 11.9. The van der Waals surface area contributed by atoms with Crippen LogP contribution in [0.15, 0.2) is 18.2 Å². The standard InChI is InChI=1S/C12H14F3NO/c13-12(14,15)8-16-7-9-3-4-10-2-1-5-17-11(10)6-9/h3-4,6,16H,1-2,5,7-8H2. The molecule has 1 aromatic carbocycles. The fraction of sp³-hybridized carbons (Fsp3) is 0.500. The van der Waals surface area contributed by atoms with E-state index in [-0.39, 0.29) is 6.54 Å². The van der Waals surface area contributed by atoms with Crippen molar-refractivity contribution in [1.29, 1.82) is 0 Å². The maximum atomic E-state index is 11.9. The molecule has 1 aromatic rings. The Kier molecular flexibility index (Phi) is 3.57. The number of nitrogens with one attached hydrogen (secondary N) is 1. The van der Waals surface area contributed by atoms with Gasteiger partial charge in [0.2, 0.25) is 0 Å². The average Bonchev–Trinajstić information content (AvgIpc) is 2.27. The summed E-state index contributed by atoms with van der Waals surface area (Å²) in [5.41, 5.74) is 1.95. The van der Waals surface area contributed by atoms with Crippen molar-refractivity contribution in [1.82, 2.24) is 5.32 Å². The highest BCUT2D eigenvalue weighted by Crippen LogP contribution is 2.25. The highest BCUT2D eigenvalue weighted by molar-refractivity contribution is 5.38. The summed E-state index contributed by atoms with van der Waals surface area (Å²) in [4.78, 5) is 0. The lowest BCUT2D eigenvalue weighted by molar-refractivity contribution is -0.125. The van der Waals surface area contributed by atoms with Crippen molar-refractivity contribution < 1.29 is 17.9 Å². The van der Waals surface area contributed by atoms with Crippen LogP contribution in [0.5, 0.6) is 5.75 Å². The number of benzene rings is 1. The summed E-state index contributed by atoms with van der Waals surface area (Å²) < 4.78 is 41.3. The first-order chi connectivity index (χ1) is 8.04. The van der Waals surface area contributed by atoms with Crippen LogP contribution in [0.3, 0.4) is 0 Å². The van der Waals surface area contributed by atoms with Crippen LogP contribution in [0.4, 0.5) is 13.2 Å². The van der Waals surface area contributed by atoms with Crippen molar-refractivity contribution in [3.05, 3.63) is 29.3 Å². The lowest BCUT2D eigenvalue weighted by Gasteiger charge is -2.18. The summed E-state index contributed by atoms with van der Waals surface area (Å²) in [7, 11) is 0. The van der Waals surface area contributed by atoms with Gasteiger partial charge in [-0.25, -0.2) is 0 Å². The zero-order valence-corrected chi connectivity index (χ0v) is 9.31. The smallest absolute Gasteiger partial charge is 0.401 e. The summed E-state index contributed by atoms with van der Waals surface area (Å²) in [6.07, 6.45) is -2.19. The molecule has 0 saturated heterocycles. The Morgan fingerprint density at radius 3 is 2.88 bits per heavy atom. The van der Waals surface area contributed by atoms with E-state index in [9.17, 15) is 13.2 Å². The molecular weight excluding hydrogens is 231 g/mol. The van der Waals surface area contributed by atoms with Gasteiger partial charge in [0.05, 0.1) is 13.2 Å². The van der Waals surface area contributed by atoms with Crippen LogP contribution in [-0.4, -0.2) is 19.3 Å². The molecule has 0 bridgehead atoms. The van der Waals surface area contributed by atoms with E-state index < -0.39 is 12.7 Å². The first kappa shape index (κ1) is 12.2. The van der Waals surface area contributed by atoms with E-state index in [1.54, 1.807) is 0 Å². The molecule has 94 valence electrons. The van der Waals surface area contributed by atoms with E-state index in [1.807, 2.05) is 18.2 Å². The molecule has 2 rings (SSSR count). The maximum Gasteiger partial charge on any atom is 0.401 e. The first-order valence-electron chi connectivity index (χ1n) is 5.57. The molecule has 0 amide bonds. The van der Waals surface area contributed by atoms with Gasteiger partial charge >= 0.3 is 6.18 Å². The van der Waals surface area contributed by atoms with Crippen LogP contribution >= 0.6 is 0 Å². The fourth-order valence-electron chi connectivity index (χ4n) is 1.84. The van der Waals surface area contributed by atoms with Crippen LogP contribution < -0.4 is 10.1 Å². The third-order valence-corrected chi connectivity index (χ3v) is 2.63. The monoisotopic (exact) mass is 245 g/mol. The number of hydrogen-bond donors (Lipinski definition) is 1. The van der Waals surface area contributed by atoms with E-state index in [0.29, 0.717) is 6.61 Å². The third-order valence-electron chi connectivity index (χ3n) is 2.63. The number of halogens is 3. The van der Waals surface area contributed by atoms with E-state index in [0.717, 1.165) is 29.7 Å². The number of rotatable bonds is 3. The number of fused-ring (bicyclic) bond motifs is 1. The van der Waals surface area contributed by atoms with Gasteiger partial charge in [-0.05, 0) is 30.0 Å². The van der Waals surface area contributed by atoms with E-state index >= 15 is 0 Å². The summed E-state index contributed by atoms with van der Waals surface area (Å²) in [6.45, 7) is -0.0759. The summed E-state index contributed by atoms with van der Waals surface area (Å²) in [5, 5.41) is 2.37. The third kappa shape index (κ3) is 3.63.